The SMILES string of the molecule is C=CC(=O)OCCOc1ccc(C(C)(C)c2ccc(C(C)(C)OCC)cc2)cc1. The van der Waals surface area contributed by atoms with Crippen LogP contribution in [0.25, 0.3) is 0 Å². The first-order valence-electron chi connectivity index (χ1n) is 9.98. The van der Waals surface area contributed by atoms with Gasteiger partial charge in [-0.05, 0) is 49.6 Å². The van der Waals surface area contributed by atoms with E-state index in [-0.39, 0.29) is 17.6 Å². The van der Waals surface area contributed by atoms with Gasteiger partial charge in [-0.1, -0.05) is 56.8 Å². The zero-order chi connectivity index (χ0) is 21.5. The zero-order valence-corrected chi connectivity index (χ0v) is 18.2. The van der Waals surface area contributed by atoms with E-state index in [1.807, 2.05) is 19.1 Å². The maximum atomic E-state index is 11.0. The zero-order valence-electron chi connectivity index (χ0n) is 18.2. The molecule has 0 fully saturated rings. The summed E-state index contributed by atoms with van der Waals surface area (Å²) in [6.07, 6.45) is 1.14. The van der Waals surface area contributed by atoms with Crippen molar-refractivity contribution in [2.24, 2.45) is 0 Å². The Morgan fingerprint density at radius 1 is 0.897 bits per heavy atom. The van der Waals surface area contributed by atoms with Gasteiger partial charge in [-0.3, -0.25) is 0 Å². The molecule has 2 aromatic carbocycles. The number of benzene rings is 2. The Balaban J connectivity index is 2.05. The summed E-state index contributed by atoms with van der Waals surface area (Å²) in [6.45, 7) is 15.2. The third-order valence-corrected chi connectivity index (χ3v) is 5.15. The number of carbonyl (C=O) groups excluding carboxylic acids is 1. The minimum atomic E-state index is -0.443. The third-order valence-electron chi connectivity index (χ3n) is 5.15. The number of hydrogen-bond donors (Lipinski definition) is 0. The molecule has 0 amide bonds. The lowest BCUT2D eigenvalue weighted by Gasteiger charge is -2.29. The lowest BCUT2D eigenvalue weighted by atomic mass is 9.77. The summed E-state index contributed by atoms with van der Waals surface area (Å²) in [4.78, 5) is 11.0. The van der Waals surface area contributed by atoms with Crippen molar-refractivity contribution in [2.75, 3.05) is 19.8 Å². The maximum absolute atomic E-state index is 11.0. The number of carbonyl (C=O) groups is 1. The Labute approximate surface area is 174 Å². The Morgan fingerprint density at radius 3 is 1.93 bits per heavy atom. The van der Waals surface area contributed by atoms with Crippen LogP contribution in [0.1, 0.15) is 51.3 Å². The Kier molecular flexibility index (Phi) is 7.63. The standard InChI is InChI=1S/C25H32O4/c1-7-23(26)28-18-17-27-22-15-13-20(14-16-22)24(3,4)19-9-11-21(12-10-19)25(5,6)29-8-2/h7,9-16H,1,8,17-18H2,2-6H3. The molecule has 156 valence electrons. The van der Waals surface area contributed by atoms with Crippen molar-refractivity contribution < 1.29 is 19.0 Å². The average Bonchev–Trinajstić information content (AvgIpc) is 2.71. The van der Waals surface area contributed by atoms with Gasteiger partial charge in [-0.25, -0.2) is 4.79 Å². The number of ether oxygens (including phenoxy) is 3. The summed E-state index contributed by atoms with van der Waals surface area (Å²) in [5.74, 6) is 0.300. The van der Waals surface area contributed by atoms with Gasteiger partial charge in [0, 0.05) is 18.1 Å². The van der Waals surface area contributed by atoms with E-state index in [0.717, 1.165) is 11.8 Å². The van der Waals surface area contributed by atoms with Crippen LogP contribution >= 0.6 is 0 Å². The molecule has 0 spiro atoms. The van der Waals surface area contributed by atoms with Crippen molar-refractivity contribution in [3.63, 3.8) is 0 Å². The molecule has 0 radical (unpaired) electrons. The predicted octanol–water partition coefficient (Wildman–Crippen LogP) is 5.39. The molecule has 29 heavy (non-hydrogen) atoms. The molecule has 0 saturated carbocycles. The van der Waals surface area contributed by atoms with Crippen LogP contribution in [0.3, 0.4) is 0 Å². The fourth-order valence-corrected chi connectivity index (χ4v) is 3.23. The summed E-state index contributed by atoms with van der Waals surface area (Å²) < 4.78 is 16.4. The summed E-state index contributed by atoms with van der Waals surface area (Å²) in [6, 6.07) is 16.7. The van der Waals surface area contributed by atoms with Gasteiger partial charge in [0.25, 0.3) is 0 Å². The van der Waals surface area contributed by atoms with E-state index in [9.17, 15) is 4.79 Å². The van der Waals surface area contributed by atoms with Gasteiger partial charge in [0.05, 0.1) is 5.60 Å². The van der Waals surface area contributed by atoms with Crippen LogP contribution in [-0.2, 0) is 25.3 Å². The molecule has 0 unspecified atom stereocenters. The average molecular weight is 397 g/mol. The second-order valence-electron chi connectivity index (χ2n) is 7.89. The van der Waals surface area contributed by atoms with Gasteiger partial charge in [0.15, 0.2) is 0 Å². The summed E-state index contributed by atoms with van der Waals surface area (Å²) in [5.41, 5.74) is 3.15. The van der Waals surface area contributed by atoms with Crippen molar-refractivity contribution in [2.45, 2.75) is 45.6 Å². The van der Waals surface area contributed by atoms with E-state index < -0.39 is 5.97 Å². The first kappa shape index (κ1) is 22.7. The third kappa shape index (κ3) is 5.94. The Bertz CT molecular complexity index is 802. The van der Waals surface area contributed by atoms with E-state index in [1.165, 1.54) is 16.7 Å². The van der Waals surface area contributed by atoms with Crippen LogP contribution in [0, 0.1) is 0 Å². The molecule has 0 atom stereocenters. The first-order chi connectivity index (χ1) is 13.7. The molecular formula is C25H32O4. The molecule has 0 aliphatic heterocycles. The van der Waals surface area contributed by atoms with Gasteiger partial charge in [0.1, 0.15) is 19.0 Å². The summed E-state index contributed by atoms with van der Waals surface area (Å²) in [7, 11) is 0. The van der Waals surface area contributed by atoms with Crippen molar-refractivity contribution in [3.8, 4) is 5.75 Å². The van der Waals surface area contributed by atoms with Crippen molar-refractivity contribution in [3.05, 3.63) is 77.9 Å². The fraction of sp³-hybridized carbons (Fsp3) is 0.400. The van der Waals surface area contributed by atoms with Gasteiger partial charge in [-0.15, -0.1) is 0 Å². The molecule has 0 bridgehead atoms. The molecule has 4 heteroatoms. The van der Waals surface area contributed by atoms with E-state index in [2.05, 4.69) is 70.7 Å². The molecule has 0 heterocycles. The highest BCUT2D eigenvalue weighted by Crippen LogP contribution is 2.34. The van der Waals surface area contributed by atoms with E-state index in [0.29, 0.717) is 13.2 Å². The predicted molar refractivity (Wildman–Crippen MR) is 116 cm³/mol. The highest BCUT2D eigenvalue weighted by atomic mass is 16.6. The van der Waals surface area contributed by atoms with Crippen molar-refractivity contribution in [1.29, 1.82) is 0 Å². The highest BCUT2D eigenvalue weighted by molar-refractivity contribution is 5.81. The van der Waals surface area contributed by atoms with E-state index >= 15 is 0 Å². The topological polar surface area (TPSA) is 44.8 Å². The number of hydrogen-bond acceptors (Lipinski definition) is 4. The molecule has 0 aliphatic rings. The van der Waals surface area contributed by atoms with E-state index in [4.69, 9.17) is 14.2 Å². The second kappa shape index (κ2) is 9.75. The Hall–Kier alpha value is -2.59. The van der Waals surface area contributed by atoms with Gasteiger partial charge in [-0.2, -0.15) is 0 Å². The van der Waals surface area contributed by atoms with Gasteiger partial charge >= 0.3 is 5.97 Å². The molecule has 0 saturated heterocycles. The molecule has 4 nitrogen and oxygen atoms in total. The molecule has 2 aromatic rings. The molecule has 0 aliphatic carbocycles. The van der Waals surface area contributed by atoms with Crippen LogP contribution in [-0.4, -0.2) is 25.8 Å². The maximum Gasteiger partial charge on any atom is 0.330 e. The summed E-state index contributed by atoms with van der Waals surface area (Å²) >= 11 is 0. The van der Waals surface area contributed by atoms with Crippen LogP contribution < -0.4 is 4.74 Å². The smallest absolute Gasteiger partial charge is 0.330 e. The number of esters is 1. The van der Waals surface area contributed by atoms with Crippen LogP contribution in [0.2, 0.25) is 0 Å². The van der Waals surface area contributed by atoms with Crippen molar-refractivity contribution >= 4 is 5.97 Å². The Morgan fingerprint density at radius 2 is 1.41 bits per heavy atom. The molecule has 0 N–H and O–H groups in total. The quantitative estimate of drug-likeness (QED) is 0.307. The minimum Gasteiger partial charge on any atom is -0.490 e. The monoisotopic (exact) mass is 396 g/mol. The minimum absolute atomic E-state index is 0.147. The number of rotatable bonds is 10. The lowest BCUT2D eigenvalue weighted by Crippen LogP contribution is -2.23. The van der Waals surface area contributed by atoms with Crippen LogP contribution in [0.15, 0.2) is 61.2 Å². The highest BCUT2D eigenvalue weighted by Gasteiger charge is 2.25. The van der Waals surface area contributed by atoms with Gasteiger partial charge < -0.3 is 14.2 Å². The van der Waals surface area contributed by atoms with Crippen molar-refractivity contribution in [1.82, 2.24) is 0 Å². The first-order valence-corrected chi connectivity index (χ1v) is 9.98. The van der Waals surface area contributed by atoms with Crippen LogP contribution in [0.4, 0.5) is 0 Å². The second-order valence-corrected chi connectivity index (χ2v) is 7.89. The van der Waals surface area contributed by atoms with Crippen LogP contribution in [0.5, 0.6) is 5.75 Å². The largest absolute Gasteiger partial charge is 0.490 e. The summed E-state index contributed by atoms with van der Waals surface area (Å²) in [5, 5.41) is 0. The molecule has 2 rings (SSSR count). The fourth-order valence-electron chi connectivity index (χ4n) is 3.23. The lowest BCUT2D eigenvalue weighted by molar-refractivity contribution is -0.138. The van der Waals surface area contributed by atoms with E-state index in [1.54, 1.807) is 0 Å². The molecule has 0 aromatic heterocycles. The molecular weight excluding hydrogens is 364 g/mol. The van der Waals surface area contributed by atoms with Gasteiger partial charge in [0.2, 0.25) is 0 Å². The normalized spacial score (nSPS) is 11.8.